The van der Waals surface area contributed by atoms with Gasteiger partial charge in [-0.1, -0.05) is 6.07 Å². The quantitative estimate of drug-likeness (QED) is 0.197. The number of hydrogen-bond acceptors (Lipinski definition) is 9. The number of carbonyl (C=O) groups excluding carboxylic acids is 2. The van der Waals surface area contributed by atoms with Gasteiger partial charge in [-0.15, -0.1) is 11.3 Å². The van der Waals surface area contributed by atoms with E-state index >= 15 is 0 Å². The number of thiazole rings is 1. The van der Waals surface area contributed by atoms with Crippen LogP contribution in [0.25, 0.3) is 10.2 Å². The van der Waals surface area contributed by atoms with E-state index in [9.17, 15) is 9.59 Å². The number of hydrogen-bond donors (Lipinski definition) is 0. The van der Waals surface area contributed by atoms with Gasteiger partial charge in [-0.25, -0.2) is 9.97 Å². The van der Waals surface area contributed by atoms with E-state index in [2.05, 4.69) is 21.0 Å². The molecule has 0 unspecified atom stereocenters. The largest absolute Gasteiger partial charge is 0.490 e. The molecular formula is C33H27N5O4S. The zero-order valence-corrected chi connectivity index (χ0v) is 24.2. The molecule has 5 aromatic rings. The second-order valence-electron chi connectivity index (χ2n) is 10.2. The van der Waals surface area contributed by atoms with Crippen LogP contribution in [0.1, 0.15) is 49.8 Å². The third-order valence-corrected chi connectivity index (χ3v) is 8.12. The molecule has 214 valence electrons. The van der Waals surface area contributed by atoms with Crippen LogP contribution in [0.3, 0.4) is 0 Å². The zero-order chi connectivity index (χ0) is 29.8. The van der Waals surface area contributed by atoms with Gasteiger partial charge >= 0.3 is 0 Å². The third kappa shape index (κ3) is 6.68. The van der Waals surface area contributed by atoms with E-state index in [0.717, 1.165) is 39.4 Å². The Morgan fingerprint density at radius 2 is 1.77 bits per heavy atom. The summed E-state index contributed by atoms with van der Waals surface area (Å²) in [5.41, 5.74) is 2.95. The number of likely N-dealkylation sites (tertiary alicyclic amines) is 1. The maximum absolute atomic E-state index is 13.1. The molecule has 0 atom stereocenters. The van der Waals surface area contributed by atoms with Crippen molar-refractivity contribution < 1.29 is 19.1 Å². The van der Waals surface area contributed by atoms with E-state index in [0.29, 0.717) is 41.5 Å². The monoisotopic (exact) mass is 589 g/mol. The molecule has 1 fully saturated rings. The Hall–Kier alpha value is -5.14. The van der Waals surface area contributed by atoms with Crippen LogP contribution in [0.15, 0.2) is 79.1 Å². The van der Waals surface area contributed by atoms with Crippen LogP contribution >= 0.6 is 11.3 Å². The Bertz CT molecular complexity index is 1800. The van der Waals surface area contributed by atoms with Crippen molar-refractivity contribution in [1.29, 1.82) is 5.26 Å². The second kappa shape index (κ2) is 12.4. The van der Waals surface area contributed by atoms with Crippen molar-refractivity contribution in [3.63, 3.8) is 0 Å². The van der Waals surface area contributed by atoms with Crippen molar-refractivity contribution in [3.8, 4) is 23.4 Å². The number of nitrogens with zero attached hydrogens (tertiary/aromatic N) is 5. The van der Waals surface area contributed by atoms with Crippen LogP contribution in [-0.2, 0) is 6.42 Å². The normalized spacial score (nSPS) is 13.4. The van der Waals surface area contributed by atoms with Gasteiger partial charge in [-0.3, -0.25) is 14.6 Å². The van der Waals surface area contributed by atoms with Gasteiger partial charge in [-0.05, 0) is 61.0 Å². The molecule has 0 radical (unpaired) electrons. The van der Waals surface area contributed by atoms with Gasteiger partial charge < -0.3 is 14.4 Å². The van der Waals surface area contributed by atoms with Gasteiger partial charge in [-0.2, -0.15) is 5.26 Å². The van der Waals surface area contributed by atoms with Crippen molar-refractivity contribution in [2.75, 3.05) is 13.1 Å². The summed E-state index contributed by atoms with van der Waals surface area (Å²) in [4.78, 5) is 40.8. The summed E-state index contributed by atoms with van der Waals surface area (Å²) in [6.07, 6.45) is 4.66. The van der Waals surface area contributed by atoms with Crippen molar-refractivity contribution in [3.05, 3.63) is 107 Å². The highest BCUT2D eigenvalue weighted by molar-refractivity contribution is 7.18. The average Bonchev–Trinajstić information content (AvgIpc) is 3.42. The first-order valence-corrected chi connectivity index (χ1v) is 14.7. The zero-order valence-electron chi connectivity index (χ0n) is 23.4. The minimum absolute atomic E-state index is 0.0280. The SMILES string of the molecule is Cc1nc2cc(OC3CCN(C(=O)c4ccc(C(=O)Cc5ccc(Oc6ccc(C#N)cc6)nc5)cn4)CC3)ccc2s1. The molecule has 43 heavy (non-hydrogen) atoms. The summed E-state index contributed by atoms with van der Waals surface area (Å²) < 4.78 is 13.0. The molecule has 2 aromatic carbocycles. The van der Waals surface area contributed by atoms with Crippen LogP contribution in [0.4, 0.5) is 0 Å². The molecule has 4 heterocycles. The predicted molar refractivity (Wildman–Crippen MR) is 162 cm³/mol. The van der Waals surface area contributed by atoms with Gasteiger partial charge in [0.1, 0.15) is 23.3 Å². The highest BCUT2D eigenvalue weighted by atomic mass is 32.1. The predicted octanol–water partition coefficient (Wildman–Crippen LogP) is 6.17. The second-order valence-corrected chi connectivity index (χ2v) is 11.5. The van der Waals surface area contributed by atoms with Crippen LogP contribution in [0, 0.1) is 18.3 Å². The first-order valence-electron chi connectivity index (χ1n) is 13.9. The van der Waals surface area contributed by atoms with E-state index in [1.807, 2.05) is 25.1 Å². The number of ether oxygens (including phenoxy) is 2. The first-order chi connectivity index (χ1) is 20.9. The molecule has 0 saturated carbocycles. The number of ketones is 1. The van der Waals surface area contributed by atoms with Crippen LogP contribution in [-0.4, -0.2) is 50.7 Å². The van der Waals surface area contributed by atoms with Gasteiger partial charge in [0.05, 0.1) is 26.9 Å². The van der Waals surface area contributed by atoms with Crippen LogP contribution in [0.5, 0.6) is 17.4 Å². The van der Waals surface area contributed by atoms with Gasteiger partial charge in [0, 0.05) is 62.4 Å². The van der Waals surface area contributed by atoms with Crippen molar-refractivity contribution in [1.82, 2.24) is 19.9 Å². The minimum atomic E-state index is -0.154. The van der Waals surface area contributed by atoms with E-state index in [1.54, 1.807) is 71.0 Å². The summed E-state index contributed by atoms with van der Waals surface area (Å²) in [6, 6.07) is 21.5. The molecule has 9 nitrogen and oxygen atoms in total. The molecule has 1 amide bonds. The lowest BCUT2D eigenvalue weighted by atomic mass is 10.0. The number of aromatic nitrogens is 3. The lowest BCUT2D eigenvalue weighted by molar-refractivity contribution is 0.0590. The third-order valence-electron chi connectivity index (χ3n) is 7.17. The molecule has 0 spiro atoms. The van der Waals surface area contributed by atoms with E-state index in [4.69, 9.17) is 14.7 Å². The fourth-order valence-electron chi connectivity index (χ4n) is 4.89. The molecule has 0 bridgehead atoms. The molecule has 10 heteroatoms. The minimum Gasteiger partial charge on any atom is -0.490 e. The highest BCUT2D eigenvalue weighted by Crippen LogP contribution is 2.28. The Labute approximate surface area is 252 Å². The number of carbonyl (C=O) groups is 2. The number of aryl methyl sites for hydroxylation is 1. The summed E-state index contributed by atoms with van der Waals surface area (Å²) >= 11 is 1.66. The van der Waals surface area contributed by atoms with Crippen LogP contribution in [0.2, 0.25) is 0 Å². The number of Topliss-reactive ketones (excluding diaryl/α,β-unsaturated/α-hetero) is 1. The lowest BCUT2D eigenvalue weighted by Gasteiger charge is -2.32. The molecule has 0 N–H and O–H groups in total. The number of piperidine rings is 1. The highest BCUT2D eigenvalue weighted by Gasteiger charge is 2.26. The van der Waals surface area contributed by atoms with Crippen molar-refractivity contribution in [2.24, 2.45) is 0 Å². The van der Waals surface area contributed by atoms with Gasteiger partial charge in [0.25, 0.3) is 5.91 Å². The number of amides is 1. The number of benzene rings is 2. The van der Waals surface area contributed by atoms with Gasteiger partial charge in [0.15, 0.2) is 5.78 Å². The van der Waals surface area contributed by atoms with E-state index in [-0.39, 0.29) is 24.2 Å². The topological polar surface area (TPSA) is 118 Å². The Morgan fingerprint density at radius 3 is 2.47 bits per heavy atom. The van der Waals surface area contributed by atoms with Crippen LogP contribution < -0.4 is 9.47 Å². The molecule has 1 saturated heterocycles. The van der Waals surface area contributed by atoms with Gasteiger partial charge in [0.2, 0.25) is 5.88 Å². The van der Waals surface area contributed by atoms with Crippen molar-refractivity contribution >= 4 is 33.2 Å². The maximum Gasteiger partial charge on any atom is 0.272 e. The summed E-state index contributed by atoms with van der Waals surface area (Å²) in [6.45, 7) is 3.14. The molecule has 0 aliphatic carbocycles. The summed E-state index contributed by atoms with van der Waals surface area (Å²) in [5, 5.41) is 9.94. The Kier molecular flexibility index (Phi) is 8.07. The average molecular weight is 590 g/mol. The fraction of sp³-hybridized carbons (Fsp3) is 0.212. The number of pyridine rings is 2. The summed E-state index contributed by atoms with van der Waals surface area (Å²) in [7, 11) is 0. The fourth-order valence-corrected chi connectivity index (χ4v) is 5.70. The smallest absolute Gasteiger partial charge is 0.272 e. The maximum atomic E-state index is 13.1. The Morgan fingerprint density at radius 1 is 0.977 bits per heavy atom. The Balaban J connectivity index is 0.990. The van der Waals surface area contributed by atoms with E-state index in [1.165, 1.54) is 6.20 Å². The van der Waals surface area contributed by atoms with Crippen molar-refractivity contribution in [2.45, 2.75) is 32.3 Å². The first kappa shape index (κ1) is 28.0. The molecule has 6 rings (SSSR count). The molecule has 1 aliphatic heterocycles. The number of fused-ring (bicyclic) bond motifs is 1. The lowest BCUT2D eigenvalue weighted by Crippen LogP contribution is -2.42. The summed E-state index contributed by atoms with van der Waals surface area (Å²) in [5.74, 6) is 1.46. The number of rotatable bonds is 8. The molecule has 3 aromatic heterocycles. The van der Waals surface area contributed by atoms with E-state index < -0.39 is 0 Å². The standard InChI is InChI=1S/C33H27N5O4S/c1-21-37-29-17-27(8-10-31(29)43-21)41-26-12-14-38(15-13-26)33(40)28-9-5-24(20-35-28)30(39)16-23-4-11-32(36-19-23)42-25-6-2-22(18-34)3-7-25/h2-11,17,19-20,26H,12-16H2,1H3. The molecular weight excluding hydrogens is 562 g/mol. The number of nitriles is 1. The molecule has 1 aliphatic rings.